The second-order valence-corrected chi connectivity index (χ2v) is 5.29. The lowest BCUT2D eigenvalue weighted by atomic mass is 10.2. The van der Waals surface area contributed by atoms with E-state index in [0.717, 1.165) is 0 Å². The maximum atomic E-state index is 12.8. The Morgan fingerprint density at radius 2 is 2.00 bits per heavy atom. The third-order valence-electron chi connectivity index (χ3n) is 3.25. The summed E-state index contributed by atoms with van der Waals surface area (Å²) in [6.07, 6.45) is -4.36. The summed E-state index contributed by atoms with van der Waals surface area (Å²) in [5.41, 5.74) is 0.405. The number of alkyl halides is 3. The molecule has 1 heterocycles. The number of hydrogen-bond acceptors (Lipinski definition) is 4. The number of rotatable bonds is 6. The second-order valence-electron chi connectivity index (χ2n) is 5.29. The van der Waals surface area contributed by atoms with Crippen LogP contribution in [0.1, 0.15) is 18.2 Å². The van der Waals surface area contributed by atoms with Crippen molar-refractivity contribution in [2.45, 2.75) is 25.7 Å². The zero-order valence-corrected chi connectivity index (χ0v) is 13.3. The highest BCUT2D eigenvalue weighted by Gasteiger charge is 2.35. The second kappa shape index (κ2) is 7.75. The highest BCUT2D eigenvalue weighted by molar-refractivity contribution is 5.81. The molecular formula is C17H15F3N2O3. The molecule has 5 nitrogen and oxygen atoms in total. The lowest BCUT2D eigenvalue weighted by Gasteiger charge is -2.26. The van der Waals surface area contributed by atoms with E-state index in [-0.39, 0.29) is 18.1 Å². The molecule has 2 rings (SSSR count). The SMILES string of the molecule is CC(Oc1ccc(C#N)cc1)C(=O)N(Cc1ccco1)CC(F)(F)F. The Balaban J connectivity index is 2.09. The van der Waals surface area contributed by atoms with E-state index in [1.54, 1.807) is 0 Å². The first-order valence-corrected chi connectivity index (χ1v) is 7.33. The number of furan rings is 1. The third-order valence-corrected chi connectivity index (χ3v) is 3.25. The monoisotopic (exact) mass is 352 g/mol. The summed E-state index contributed by atoms with van der Waals surface area (Å²) in [6.45, 7) is -0.355. The Hall–Kier alpha value is -2.95. The molecule has 0 spiro atoms. The Kier molecular flexibility index (Phi) is 5.70. The minimum atomic E-state index is -4.55. The summed E-state index contributed by atoms with van der Waals surface area (Å²) in [5, 5.41) is 8.73. The molecule has 1 unspecified atom stereocenters. The first kappa shape index (κ1) is 18.4. The van der Waals surface area contributed by atoms with Crippen molar-refractivity contribution in [3.8, 4) is 11.8 Å². The predicted molar refractivity (Wildman–Crippen MR) is 81.4 cm³/mol. The summed E-state index contributed by atoms with van der Waals surface area (Å²) in [5.74, 6) is -0.300. The van der Waals surface area contributed by atoms with Crippen LogP contribution in [-0.2, 0) is 11.3 Å². The van der Waals surface area contributed by atoms with Crippen LogP contribution in [0, 0.1) is 11.3 Å². The van der Waals surface area contributed by atoms with E-state index < -0.39 is 24.7 Å². The first-order valence-electron chi connectivity index (χ1n) is 7.33. The molecule has 1 aromatic carbocycles. The van der Waals surface area contributed by atoms with Gasteiger partial charge in [-0.2, -0.15) is 18.4 Å². The van der Waals surface area contributed by atoms with Gasteiger partial charge in [0.15, 0.2) is 6.10 Å². The van der Waals surface area contributed by atoms with Gasteiger partial charge in [-0.15, -0.1) is 0 Å². The minimum Gasteiger partial charge on any atom is -0.481 e. The van der Waals surface area contributed by atoms with E-state index in [0.29, 0.717) is 10.5 Å². The van der Waals surface area contributed by atoms with Gasteiger partial charge in [-0.1, -0.05) is 0 Å². The molecule has 0 saturated heterocycles. The van der Waals surface area contributed by atoms with Crippen LogP contribution < -0.4 is 4.74 Å². The Bertz CT molecular complexity index is 734. The van der Waals surface area contributed by atoms with Crippen LogP contribution in [-0.4, -0.2) is 29.6 Å². The molecule has 0 fully saturated rings. The summed E-state index contributed by atoms with van der Waals surface area (Å²) >= 11 is 0. The van der Waals surface area contributed by atoms with Crippen molar-refractivity contribution in [2.24, 2.45) is 0 Å². The molecular weight excluding hydrogens is 337 g/mol. The molecule has 1 aromatic heterocycles. The first-order chi connectivity index (χ1) is 11.8. The summed E-state index contributed by atoms with van der Waals surface area (Å²) in [6, 6.07) is 10.9. The number of nitrogens with zero attached hydrogens (tertiary/aromatic N) is 2. The van der Waals surface area contributed by atoms with Gasteiger partial charge in [0.1, 0.15) is 18.1 Å². The van der Waals surface area contributed by atoms with Crippen molar-refractivity contribution in [1.82, 2.24) is 4.90 Å². The largest absolute Gasteiger partial charge is 0.481 e. The molecule has 0 radical (unpaired) electrons. The smallest absolute Gasteiger partial charge is 0.406 e. The number of nitriles is 1. The van der Waals surface area contributed by atoms with Crippen LogP contribution in [0.2, 0.25) is 0 Å². The number of halogens is 3. The van der Waals surface area contributed by atoms with Crippen LogP contribution >= 0.6 is 0 Å². The fourth-order valence-electron chi connectivity index (χ4n) is 2.14. The summed E-state index contributed by atoms with van der Waals surface area (Å²) < 4.78 is 48.7. The number of ether oxygens (including phenoxy) is 1. The van der Waals surface area contributed by atoms with Gasteiger partial charge in [0.05, 0.1) is 24.4 Å². The van der Waals surface area contributed by atoms with Crippen LogP contribution in [0.4, 0.5) is 13.2 Å². The lowest BCUT2D eigenvalue weighted by molar-refractivity contribution is -0.166. The van der Waals surface area contributed by atoms with Gasteiger partial charge in [-0.05, 0) is 43.3 Å². The maximum Gasteiger partial charge on any atom is 0.406 e. The van der Waals surface area contributed by atoms with Crippen molar-refractivity contribution in [1.29, 1.82) is 5.26 Å². The maximum absolute atomic E-state index is 12.8. The van der Waals surface area contributed by atoms with Gasteiger partial charge in [-0.3, -0.25) is 4.79 Å². The highest BCUT2D eigenvalue weighted by Crippen LogP contribution is 2.20. The quantitative estimate of drug-likeness (QED) is 0.798. The number of hydrogen-bond donors (Lipinski definition) is 0. The van der Waals surface area contributed by atoms with Crippen LogP contribution in [0.3, 0.4) is 0 Å². The highest BCUT2D eigenvalue weighted by atomic mass is 19.4. The van der Waals surface area contributed by atoms with Crippen LogP contribution in [0.5, 0.6) is 5.75 Å². The van der Waals surface area contributed by atoms with E-state index in [1.165, 1.54) is 49.6 Å². The van der Waals surface area contributed by atoms with Crippen molar-refractivity contribution in [3.05, 3.63) is 54.0 Å². The van der Waals surface area contributed by atoms with E-state index in [9.17, 15) is 18.0 Å². The third kappa shape index (κ3) is 5.57. The fourth-order valence-corrected chi connectivity index (χ4v) is 2.14. The normalized spacial score (nSPS) is 12.3. The van der Waals surface area contributed by atoms with Crippen LogP contribution in [0.25, 0.3) is 0 Å². The molecule has 0 aliphatic heterocycles. The van der Waals surface area contributed by atoms with Crippen molar-refractivity contribution in [3.63, 3.8) is 0 Å². The number of carbonyl (C=O) groups excluding carboxylic acids is 1. The van der Waals surface area contributed by atoms with E-state index >= 15 is 0 Å². The molecule has 0 bridgehead atoms. The van der Waals surface area contributed by atoms with E-state index in [2.05, 4.69) is 0 Å². The fraction of sp³-hybridized carbons (Fsp3) is 0.294. The van der Waals surface area contributed by atoms with Gasteiger partial charge in [0.25, 0.3) is 5.91 Å². The summed E-state index contributed by atoms with van der Waals surface area (Å²) in [4.78, 5) is 13.0. The lowest BCUT2D eigenvalue weighted by Crippen LogP contribution is -2.44. The molecule has 8 heteroatoms. The van der Waals surface area contributed by atoms with E-state index in [4.69, 9.17) is 14.4 Å². The molecule has 1 atom stereocenters. The molecule has 0 aliphatic rings. The van der Waals surface area contributed by atoms with E-state index in [1.807, 2.05) is 6.07 Å². The minimum absolute atomic E-state index is 0.239. The van der Waals surface area contributed by atoms with Gasteiger partial charge < -0.3 is 14.1 Å². The van der Waals surface area contributed by atoms with Crippen LogP contribution in [0.15, 0.2) is 47.1 Å². The average molecular weight is 352 g/mol. The molecule has 0 N–H and O–H groups in total. The van der Waals surface area contributed by atoms with Gasteiger partial charge >= 0.3 is 6.18 Å². The molecule has 2 aromatic rings. The molecule has 132 valence electrons. The number of amides is 1. The standard InChI is InChI=1S/C17H15F3N2O3/c1-12(25-14-6-4-13(9-21)5-7-14)16(23)22(11-17(18,19)20)10-15-3-2-8-24-15/h2-8,12H,10-11H2,1H3. The molecule has 1 amide bonds. The summed E-state index contributed by atoms with van der Waals surface area (Å²) in [7, 11) is 0. The Morgan fingerprint density at radius 1 is 1.32 bits per heavy atom. The topological polar surface area (TPSA) is 66.5 Å². The predicted octanol–water partition coefficient (Wildman–Crippen LogP) is 3.51. The van der Waals surface area contributed by atoms with Crippen molar-refractivity contribution in [2.75, 3.05) is 6.54 Å². The van der Waals surface area contributed by atoms with Crippen molar-refractivity contribution >= 4 is 5.91 Å². The molecule has 25 heavy (non-hydrogen) atoms. The average Bonchev–Trinajstić information content (AvgIpc) is 3.06. The van der Waals surface area contributed by atoms with Gasteiger partial charge in [0.2, 0.25) is 0 Å². The molecule has 0 aliphatic carbocycles. The zero-order valence-electron chi connectivity index (χ0n) is 13.3. The number of carbonyl (C=O) groups is 1. The molecule has 0 saturated carbocycles. The Morgan fingerprint density at radius 3 is 2.52 bits per heavy atom. The number of benzene rings is 1. The Labute approximate surface area is 142 Å². The van der Waals surface area contributed by atoms with Gasteiger partial charge in [-0.25, -0.2) is 0 Å². The van der Waals surface area contributed by atoms with Gasteiger partial charge in [0, 0.05) is 0 Å². The van der Waals surface area contributed by atoms with Crippen molar-refractivity contribution < 1.29 is 27.1 Å². The zero-order chi connectivity index (χ0) is 18.4.